The molecule has 0 saturated heterocycles. The molecule has 0 spiro atoms. The van der Waals surface area contributed by atoms with Crippen LogP contribution in [0.2, 0.25) is 0 Å². The van der Waals surface area contributed by atoms with Crippen LogP contribution in [-0.4, -0.2) is 37.6 Å². The Labute approximate surface area is 127 Å². The summed E-state index contributed by atoms with van der Waals surface area (Å²) in [5, 5.41) is 3.65. The van der Waals surface area contributed by atoms with Crippen LogP contribution in [-0.2, 0) is 0 Å². The van der Waals surface area contributed by atoms with Gasteiger partial charge in [-0.25, -0.2) is 0 Å². The van der Waals surface area contributed by atoms with Gasteiger partial charge in [0, 0.05) is 19.1 Å². The summed E-state index contributed by atoms with van der Waals surface area (Å²) in [5.74, 6) is 0.923. The molecule has 2 heteroatoms. The summed E-state index contributed by atoms with van der Waals surface area (Å²) in [6.45, 7) is 13.0. The van der Waals surface area contributed by atoms with Crippen LogP contribution in [0.5, 0.6) is 0 Å². The summed E-state index contributed by atoms with van der Waals surface area (Å²) in [6.07, 6.45) is 9.53. The molecule has 1 N–H and O–H groups in total. The van der Waals surface area contributed by atoms with Crippen molar-refractivity contribution in [3.63, 3.8) is 0 Å². The van der Waals surface area contributed by atoms with Gasteiger partial charge in [0.1, 0.15) is 0 Å². The zero-order chi connectivity index (χ0) is 15.0. The lowest BCUT2D eigenvalue weighted by Crippen LogP contribution is -2.45. The van der Waals surface area contributed by atoms with Gasteiger partial charge in [-0.15, -0.1) is 0 Å². The Morgan fingerprint density at radius 2 is 1.95 bits per heavy atom. The van der Waals surface area contributed by atoms with E-state index in [1.165, 1.54) is 58.0 Å². The molecule has 0 aromatic rings. The fourth-order valence-corrected chi connectivity index (χ4v) is 3.93. The highest BCUT2D eigenvalue weighted by Crippen LogP contribution is 2.30. The Morgan fingerprint density at radius 3 is 2.55 bits per heavy atom. The third-order valence-electron chi connectivity index (χ3n) is 5.00. The van der Waals surface area contributed by atoms with Gasteiger partial charge in [-0.1, -0.05) is 47.0 Å². The van der Waals surface area contributed by atoms with E-state index in [9.17, 15) is 0 Å². The van der Waals surface area contributed by atoms with Gasteiger partial charge in [-0.3, -0.25) is 0 Å². The van der Waals surface area contributed by atoms with Crippen LogP contribution in [0, 0.1) is 11.3 Å². The Balaban J connectivity index is 2.49. The lowest BCUT2D eigenvalue weighted by Gasteiger charge is -2.40. The SMILES string of the molecule is CCCNCC(C)(CCC)CN(C)C1CCCC(C)C1. The van der Waals surface area contributed by atoms with E-state index in [1.807, 2.05) is 0 Å². The van der Waals surface area contributed by atoms with E-state index >= 15 is 0 Å². The topological polar surface area (TPSA) is 15.3 Å². The van der Waals surface area contributed by atoms with Crippen LogP contribution in [0.3, 0.4) is 0 Å². The summed E-state index contributed by atoms with van der Waals surface area (Å²) in [7, 11) is 2.36. The van der Waals surface area contributed by atoms with Crippen LogP contribution in [0.25, 0.3) is 0 Å². The van der Waals surface area contributed by atoms with E-state index < -0.39 is 0 Å². The lowest BCUT2D eigenvalue weighted by atomic mass is 9.82. The van der Waals surface area contributed by atoms with Crippen molar-refractivity contribution in [1.29, 1.82) is 0 Å². The molecule has 0 heterocycles. The van der Waals surface area contributed by atoms with E-state index in [-0.39, 0.29) is 0 Å². The Kier molecular flexibility index (Phi) is 8.13. The average molecular weight is 283 g/mol. The highest BCUT2D eigenvalue weighted by molar-refractivity contribution is 4.84. The zero-order valence-corrected chi connectivity index (χ0v) is 14.7. The van der Waals surface area contributed by atoms with Crippen molar-refractivity contribution < 1.29 is 0 Å². The van der Waals surface area contributed by atoms with Gasteiger partial charge >= 0.3 is 0 Å². The van der Waals surface area contributed by atoms with Gasteiger partial charge in [0.15, 0.2) is 0 Å². The molecule has 1 aliphatic carbocycles. The fourth-order valence-electron chi connectivity index (χ4n) is 3.93. The average Bonchev–Trinajstić information content (AvgIpc) is 2.39. The van der Waals surface area contributed by atoms with E-state index in [1.54, 1.807) is 0 Å². The van der Waals surface area contributed by atoms with E-state index in [0.29, 0.717) is 5.41 Å². The summed E-state index contributed by atoms with van der Waals surface area (Å²) in [4.78, 5) is 2.67. The van der Waals surface area contributed by atoms with Crippen molar-refractivity contribution >= 4 is 0 Å². The molecule has 0 aromatic carbocycles. The molecular formula is C18H38N2. The maximum atomic E-state index is 3.65. The van der Waals surface area contributed by atoms with E-state index in [4.69, 9.17) is 0 Å². The van der Waals surface area contributed by atoms with Gasteiger partial charge in [0.25, 0.3) is 0 Å². The summed E-state index contributed by atoms with van der Waals surface area (Å²) < 4.78 is 0. The van der Waals surface area contributed by atoms with Crippen LogP contribution >= 0.6 is 0 Å². The third-order valence-corrected chi connectivity index (χ3v) is 5.00. The minimum atomic E-state index is 0.430. The number of hydrogen-bond donors (Lipinski definition) is 1. The van der Waals surface area contributed by atoms with Gasteiger partial charge in [0.05, 0.1) is 0 Å². The van der Waals surface area contributed by atoms with Gasteiger partial charge in [-0.05, 0) is 50.6 Å². The Bertz CT molecular complexity index is 254. The molecule has 0 amide bonds. The van der Waals surface area contributed by atoms with Crippen molar-refractivity contribution in [3.05, 3.63) is 0 Å². The minimum Gasteiger partial charge on any atom is -0.316 e. The molecule has 1 fully saturated rings. The molecule has 120 valence electrons. The Morgan fingerprint density at radius 1 is 1.20 bits per heavy atom. The maximum Gasteiger partial charge on any atom is 0.00949 e. The highest BCUT2D eigenvalue weighted by Gasteiger charge is 2.29. The van der Waals surface area contributed by atoms with Crippen LogP contribution in [0.4, 0.5) is 0 Å². The molecule has 0 bridgehead atoms. The first kappa shape index (κ1) is 18.0. The smallest absolute Gasteiger partial charge is 0.00949 e. The molecule has 0 aromatic heterocycles. The summed E-state index contributed by atoms with van der Waals surface area (Å²) in [6, 6.07) is 0.820. The van der Waals surface area contributed by atoms with Gasteiger partial charge in [-0.2, -0.15) is 0 Å². The largest absolute Gasteiger partial charge is 0.316 e. The second kappa shape index (κ2) is 9.04. The first-order valence-corrected chi connectivity index (χ1v) is 8.91. The monoisotopic (exact) mass is 282 g/mol. The van der Waals surface area contributed by atoms with Crippen molar-refractivity contribution in [1.82, 2.24) is 10.2 Å². The first-order chi connectivity index (χ1) is 9.50. The number of nitrogens with zero attached hydrogens (tertiary/aromatic N) is 1. The van der Waals surface area contributed by atoms with Crippen LogP contribution in [0.15, 0.2) is 0 Å². The highest BCUT2D eigenvalue weighted by atomic mass is 15.1. The second-order valence-corrected chi connectivity index (χ2v) is 7.58. The molecule has 3 atom stereocenters. The quantitative estimate of drug-likeness (QED) is 0.634. The normalized spacial score (nSPS) is 26.7. The molecule has 20 heavy (non-hydrogen) atoms. The van der Waals surface area contributed by atoms with Gasteiger partial charge < -0.3 is 10.2 Å². The molecule has 3 unspecified atom stereocenters. The summed E-state index contributed by atoms with van der Waals surface area (Å²) >= 11 is 0. The van der Waals surface area contributed by atoms with Crippen molar-refractivity contribution in [3.8, 4) is 0 Å². The maximum absolute atomic E-state index is 3.65. The van der Waals surface area contributed by atoms with E-state index in [2.05, 4.69) is 45.0 Å². The predicted octanol–water partition coefficient (Wildman–Crippen LogP) is 4.30. The molecular weight excluding hydrogens is 244 g/mol. The molecule has 0 aliphatic heterocycles. The van der Waals surface area contributed by atoms with Crippen LogP contribution < -0.4 is 5.32 Å². The zero-order valence-electron chi connectivity index (χ0n) is 14.7. The van der Waals surface area contributed by atoms with Crippen molar-refractivity contribution in [2.45, 2.75) is 78.7 Å². The molecule has 0 radical (unpaired) electrons. The standard InChI is InChI=1S/C18H38N2/c1-6-11-18(4,14-19-12-7-2)15-20(5)17-10-8-9-16(3)13-17/h16-17,19H,6-15H2,1-5H3. The number of nitrogens with one attached hydrogen (secondary N) is 1. The molecule has 1 rings (SSSR count). The van der Waals surface area contributed by atoms with Crippen molar-refractivity contribution in [2.75, 3.05) is 26.7 Å². The number of hydrogen-bond acceptors (Lipinski definition) is 2. The van der Waals surface area contributed by atoms with E-state index in [0.717, 1.165) is 18.5 Å². The van der Waals surface area contributed by atoms with Crippen LogP contribution in [0.1, 0.15) is 72.6 Å². The minimum absolute atomic E-state index is 0.430. The first-order valence-electron chi connectivity index (χ1n) is 8.91. The van der Waals surface area contributed by atoms with Crippen molar-refractivity contribution in [2.24, 2.45) is 11.3 Å². The lowest BCUT2D eigenvalue weighted by molar-refractivity contribution is 0.101. The Hall–Kier alpha value is -0.0800. The molecule has 1 aliphatic rings. The predicted molar refractivity (Wildman–Crippen MR) is 90.2 cm³/mol. The third kappa shape index (κ3) is 6.13. The summed E-state index contributed by atoms with van der Waals surface area (Å²) in [5.41, 5.74) is 0.430. The molecule has 2 nitrogen and oxygen atoms in total. The number of rotatable bonds is 9. The molecule has 1 saturated carbocycles. The second-order valence-electron chi connectivity index (χ2n) is 7.58. The van der Waals surface area contributed by atoms with Gasteiger partial charge in [0.2, 0.25) is 0 Å². The fraction of sp³-hybridized carbons (Fsp3) is 1.00.